The van der Waals surface area contributed by atoms with Gasteiger partial charge in [0, 0.05) is 36.1 Å². The SMILES string of the molecule is Cl.N=C(N)c1cccc(NC(C(=O)NCC(=O)NCCc2ccccn2)C(O)CO)c1. The zero-order chi connectivity index (χ0) is 21.9. The summed E-state index contributed by atoms with van der Waals surface area (Å²) in [6.07, 6.45) is 0.821. The van der Waals surface area contributed by atoms with Crippen molar-refractivity contribution in [1.29, 1.82) is 5.41 Å². The van der Waals surface area contributed by atoms with Crippen molar-refractivity contribution in [3.63, 3.8) is 0 Å². The van der Waals surface area contributed by atoms with Crippen LogP contribution in [-0.4, -0.2) is 64.7 Å². The molecule has 11 heteroatoms. The topological polar surface area (TPSA) is 173 Å². The summed E-state index contributed by atoms with van der Waals surface area (Å²) in [4.78, 5) is 28.6. The zero-order valence-electron chi connectivity index (χ0n) is 16.7. The van der Waals surface area contributed by atoms with Gasteiger partial charge in [-0.05, 0) is 24.3 Å². The summed E-state index contributed by atoms with van der Waals surface area (Å²) in [6.45, 7) is -0.580. The summed E-state index contributed by atoms with van der Waals surface area (Å²) < 4.78 is 0. The van der Waals surface area contributed by atoms with Crippen molar-refractivity contribution in [2.24, 2.45) is 5.73 Å². The van der Waals surface area contributed by atoms with Crippen molar-refractivity contribution >= 4 is 35.7 Å². The van der Waals surface area contributed by atoms with Crippen LogP contribution in [0.5, 0.6) is 0 Å². The molecular formula is C20H27ClN6O4. The molecule has 2 unspecified atom stereocenters. The molecule has 10 nitrogen and oxygen atoms in total. The molecule has 0 spiro atoms. The van der Waals surface area contributed by atoms with Crippen LogP contribution in [0.15, 0.2) is 48.7 Å². The molecule has 168 valence electrons. The number of nitrogen functional groups attached to an aromatic ring is 1. The maximum absolute atomic E-state index is 12.5. The Labute approximate surface area is 186 Å². The zero-order valence-corrected chi connectivity index (χ0v) is 17.6. The first-order valence-corrected chi connectivity index (χ1v) is 9.35. The first-order valence-electron chi connectivity index (χ1n) is 9.35. The number of rotatable bonds is 11. The van der Waals surface area contributed by atoms with E-state index in [9.17, 15) is 19.8 Å². The predicted octanol–water partition coefficient (Wildman–Crippen LogP) is -0.604. The highest BCUT2D eigenvalue weighted by molar-refractivity contribution is 5.96. The summed E-state index contributed by atoms with van der Waals surface area (Å²) in [5.74, 6) is -1.20. The lowest BCUT2D eigenvalue weighted by Gasteiger charge is -2.23. The highest BCUT2D eigenvalue weighted by Gasteiger charge is 2.26. The molecule has 0 aliphatic carbocycles. The van der Waals surface area contributed by atoms with Crippen molar-refractivity contribution in [1.82, 2.24) is 15.6 Å². The smallest absolute Gasteiger partial charge is 0.245 e. The van der Waals surface area contributed by atoms with Crippen molar-refractivity contribution in [2.45, 2.75) is 18.6 Å². The van der Waals surface area contributed by atoms with Gasteiger partial charge in [0.25, 0.3) is 0 Å². The van der Waals surface area contributed by atoms with Gasteiger partial charge < -0.3 is 31.9 Å². The predicted molar refractivity (Wildman–Crippen MR) is 119 cm³/mol. The molecule has 31 heavy (non-hydrogen) atoms. The molecule has 0 fully saturated rings. The Kier molecular flexibility index (Phi) is 11.0. The largest absolute Gasteiger partial charge is 0.394 e. The van der Waals surface area contributed by atoms with Gasteiger partial charge >= 0.3 is 0 Å². The van der Waals surface area contributed by atoms with Crippen LogP contribution in [0.2, 0.25) is 0 Å². The van der Waals surface area contributed by atoms with E-state index in [1.165, 1.54) is 6.07 Å². The molecule has 0 saturated carbocycles. The minimum atomic E-state index is -1.40. The summed E-state index contributed by atoms with van der Waals surface area (Å²) >= 11 is 0. The summed E-state index contributed by atoms with van der Waals surface area (Å²) in [7, 11) is 0. The number of nitrogens with one attached hydrogen (secondary N) is 4. The van der Waals surface area contributed by atoms with Crippen LogP contribution in [0, 0.1) is 5.41 Å². The second-order valence-corrected chi connectivity index (χ2v) is 6.51. The standard InChI is InChI=1S/C20H26N6O4.ClH/c21-19(22)13-4-3-6-15(10-13)26-18(16(28)12-27)20(30)25-11-17(29)24-9-7-14-5-1-2-8-23-14;/h1-6,8,10,16,18,26-28H,7,9,11-12H2,(H3,21,22)(H,24,29)(H,25,30);1H. The fraction of sp³-hybridized carbons (Fsp3) is 0.300. The lowest BCUT2D eigenvalue weighted by atomic mass is 10.1. The van der Waals surface area contributed by atoms with E-state index < -0.39 is 30.6 Å². The molecule has 0 saturated heterocycles. The van der Waals surface area contributed by atoms with Crippen LogP contribution < -0.4 is 21.7 Å². The number of aromatic nitrogens is 1. The fourth-order valence-corrected chi connectivity index (χ4v) is 2.61. The van der Waals surface area contributed by atoms with Gasteiger partial charge in [-0.15, -0.1) is 12.4 Å². The van der Waals surface area contributed by atoms with E-state index >= 15 is 0 Å². The van der Waals surface area contributed by atoms with Gasteiger partial charge in [0.1, 0.15) is 18.0 Å². The van der Waals surface area contributed by atoms with Gasteiger partial charge in [0.15, 0.2) is 0 Å². The van der Waals surface area contributed by atoms with Crippen molar-refractivity contribution < 1.29 is 19.8 Å². The number of carbonyl (C=O) groups is 2. The van der Waals surface area contributed by atoms with E-state index in [-0.39, 0.29) is 24.8 Å². The minimum absolute atomic E-state index is 0. The Balaban J connectivity index is 0.00000480. The number of benzene rings is 1. The maximum atomic E-state index is 12.5. The van der Waals surface area contributed by atoms with E-state index in [1.807, 2.05) is 12.1 Å². The Morgan fingerprint density at radius 2 is 1.94 bits per heavy atom. The Bertz CT molecular complexity index is 868. The highest BCUT2D eigenvalue weighted by Crippen LogP contribution is 2.13. The lowest BCUT2D eigenvalue weighted by molar-refractivity contribution is -0.128. The number of anilines is 1. The maximum Gasteiger partial charge on any atom is 0.245 e. The molecule has 0 radical (unpaired) electrons. The van der Waals surface area contributed by atoms with Crippen LogP contribution in [0.25, 0.3) is 0 Å². The Morgan fingerprint density at radius 3 is 2.58 bits per heavy atom. The molecule has 1 aromatic carbocycles. The molecule has 8 N–H and O–H groups in total. The van der Waals surface area contributed by atoms with Crippen molar-refractivity contribution in [3.8, 4) is 0 Å². The van der Waals surface area contributed by atoms with Gasteiger partial charge in [-0.25, -0.2) is 0 Å². The number of hydrogen-bond acceptors (Lipinski definition) is 7. The number of hydrogen-bond donors (Lipinski definition) is 7. The van der Waals surface area contributed by atoms with Crippen molar-refractivity contribution in [2.75, 3.05) is 25.0 Å². The molecule has 1 heterocycles. The number of pyridine rings is 1. The molecule has 2 aromatic rings. The van der Waals surface area contributed by atoms with E-state index in [2.05, 4.69) is 20.9 Å². The minimum Gasteiger partial charge on any atom is -0.394 e. The third kappa shape index (κ3) is 8.59. The average Bonchev–Trinajstić information content (AvgIpc) is 2.76. The number of nitrogens with zero attached hydrogens (tertiary/aromatic N) is 1. The monoisotopic (exact) mass is 450 g/mol. The van der Waals surface area contributed by atoms with Gasteiger partial charge in [-0.2, -0.15) is 0 Å². The van der Waals surface area contributed by atoms with E-state index in [0.29, 0.717) is 24.2 Å². The second kappa shape index (κ2) is 13.2. The Hall–Kier alpha value is -3.21. The number of aliphatic hydroxyl groups excluding tert-OH is 2. The molecule has 0 aliphatic rings. The van der Waals surface area contributed by atoms with Gasteiger partial charge in [0.2, 0.25) is 11.8 Å². The summed E-state index contributed by atoms with van der Waals surface area (Å²) in [5, 5.41) is 34.7. The molecule has 2 atom stereocenters. The first kappa shape index (κ1) is 25.8. The third-order valence-corrected chi connectivity index (χ3v) is 4.20. The van der Waals surface area contributed by atoms with Crippen LogP contribution in [0.1, 0.15) is 11.3 Å². The number of halogens is 1. The van der Waals surface area contributed by atoms with Crippen LogP contribution in [0.4, 0.5) is 5.69 Å². The molecule has 0 bridgehead atoms. The van der Waals surface area contributed by atoms with Gasteiger partial charge in [-0.1, -0.05) is 18.2 Å². The lowest BCUT2D eigenvalue weighted by Crippen LogP contribution is -2.50. The summed E-state index contributed by atoms with van der Waals surface area (Å²) in [6, 6.07) is 10.7. The van der Waals surface area contributed by atoms with Crippen LogP contribution >= 0.6 is 12.4 Å². The van der Waals surface area contributed by atoms with Crippen molar-refractivity contribution in [3.05, 3.63) is 59.9 Å². The van der Waals surface area contributed by atoms with Gasteiger partial charge in [0.05, 0.1) is 13.2 Å². The highest BCUT2D eigenvalue weighted by atomic mass is 35.5. The first-order chi connectivity index (χ1) is 14.4. The number of amides is 2. The number of aliphatic hydroxyl groups is 2. The normalized spacial score (nSPS) is 12.1. The van der Waals surface area contributed by atoms with E-state index in [4.69, 9.17) is 11.1 Å². The van der Waals surface area contributed by atoms with Gasteiger partial charge in [-0.3, -0.25) is 20.0 Å². The molecule has 2 amide bonds. The number of nitrogens with two attached hydrogens (primary N) is 1. The van der Waals surface area contributed by atoms with Crippen LogP contribution in [0.3, 0.4) is 0 Å². The Morgan fingerprint density at radius 1 is 1.16 bits per heavy atom. The quantitative estimate of drug-likeness (QED) is 0.177. The average molecular weight is 451 g/mol. The molecule has 0 aliphatic heterocycles. The second-order valence-electron chi connectivity index (χ2n) is 6.51. The third-order valence-electron chi connectivity index (χ3n) is 4.20. The molecular weight excluding hydrogens is 424 g/mol. The number of amidine groups is 1. The number of carbonyl (C=O) groups excluding carboxylic acids is 2. The fourth-order valence-electron chi connectivity index (χ4n) is 2.61. The summed E-state index contributed by atoms with van der Waals surface area (Å²) in [5.41, 5.74) is 7.15. The van der Waals surface area contributed by atoms with E-state index in [0.717, 1.165) is 5.69 Å². The van der Waals surface area contributed by atoms with E-state index in [1.54, 1.807) is 30.5 Å². The molecule has 1 aromatic heterocycles. The van der Waals surface area contributed by atoms with Crippen LogP contribution in [-0.2, 0) is 16.0 Å². The molecule has 2 rings (SSSR count).